The minimum absolute atomic E-state index is 0.376. The fourth-order valence-corrected chi connectivity index (χ4v) is 2.85. The Balaban J connectivity index is 2.02. The van der Waals surface area contributed by atoms with Crippen molar-refractivity contribution >= 4 is 23.0 Å². The van der Waals surface area contributed by atoms with E-state index in [-0.39, 0.29) is 0 Å². The number of rotatable bonds is 0. The summed E-state index contributed by atoms with van der Waals surface area (Å²) in [5, 5.41) is 4.31. The lowest BCUT2D eigenvalue weighted by molar-refractivity contribution is 0.249. The zero-order chi connectivity index (χ0) is 10.5. The summed E-state index contributed by atoms with van der Waals surface area (Å²) in [6.45, 7) is 1.05. The average molecular weight is 223 g/mol. The number of likely N-dealkylation sites (N-methyl/N-ethyl adjacent to an activating group) is 1. The van der Waals surface area contributed by atoms with Crippen LogP contribution >= 0.6 is 11.6 Å². The van der Waals surface area contributed by atoms with E-state index in [1.165, 1.54) is 30.6 Å². The van der Waals surface area contributed by atoms with Gasteiger partial charge in [0.2, 0.25) is 0 Å². The predicted molar refractivity (Wildman–Crippen MR) is 64.9 cm³/mol. The van der Waals surface area contributed by atoms with Crippen LogP contribution in [0.4, 0.5) is 11.4 Å². The average Bonchev–Trinajstić information content (AvgIpc) is 2.15. The molecule has 1 aliphatic carbocycles. The van der Waals surface area contributed by atoms with E-state index in [9.17, 15) is 0 Å². The SMILES string of the molecule is CN1c2ccc(Cl)cc2NCC12CCC2. The Morgan fingerprint density at radius 2 is 2.20 bits per heavy atom. The zero-order valence-electron chi connectivity index (χ0n) is 8.89. The van der Waals surface area contributed by atoms with Crippen molar-refractivity contribution in [3.05, 3.63) is 23.2 Å². The molecule has 0 radical (unpaired) electrons. The molecule has 3 rings (SSSR count). The van der Waals surface area contributed by atoms with Crippen molar-refractivity contribution in [3.8, 4) is 0 Å². The van der Waals surface area contributed by atoms with Crippen LogP contribution in [-0.4, -0.2) is 19.1 Å². The van der Waals surface area contributed by atoms with Crippen molar-refractivity contribution in [1.29, 1.82) is 0 Å². The Labute approximate surface area is 95.2 Å². The molecule has 0 saturated heterocycles. The van der Waals surface area contributed by atoms with Gasteiger partial charge in [-0.15, -0.1) is 0 Å². The van der Waals surface area contributed by atoms with Gasteiger partial charge in [0.1, 0.15) is 0 Å². The molecule has 1 spiro atoms. The fraction of sp³-hybridized carbons (Fsp3) is 0.500. The van der Waals surface area contributed by atoms with Crippen molar-refractivity contribution < 1.29 is 0 Å². The van der Waals surface area contributed by atoms with Crippen LogP contribution in [0.2, 0.25) is 5.02 Å². The molecule has 1 heterocycles. The smallest absolute Gasteiger partial charge is 0.0605 e. The molecule has 0 unspecified atom stereocenters. The third-order valence-corrected chi connectivity index (χ3v) is 4.16. The number of benzene rings is 1. The molecule has 1 aliphatic heterocycles. The van der Waals surface area contributed by atoms with E-state index >= 15 is 0 Å². The molecule has 1 aromatic carbocycles. The highest BCUT2D eigenvalue weighted by Crippen LogP contribution is 2.45. The van der Waals surface area contributed by atoms with Gasteiger partial charge in [0.15, 0.2) is 0 Å². The first-order valence-electron chi connectivity index (χ1n) is 5.49. The highest BCUT2D eigenvalue weighted by Gasteiger charge is 2.43. The Hall–Kier alpha value is -0.890. The first-order valence-corrected chi connectivity index (χ1v) is 5.86. The molecule has 0 bridgehead atoms. The normalized spacial score (nSPS) is 21.9. The van der Waals surface area contributed by atoms with E-state index in [0.717, 1.165) is 11.6 Å². The lowest BCUT2D eigenvalue weighted by Crippen LogP contribution is -2.59. The molecule has 80 valence electrons. The molecule has 0 atom stereocenters. The van der Waals surface area contributed by atoms with Gasteiger partial charge in [-0.2, -0.15) is 0 Å². The van der Waals surface area contributed by atoms with Crippen molar-refractivity contribution in [2.75, 3.05) is 23.8 Å². The summed E-state index contributed by atoms with van der Waals surface area (Å²) in [6.07, 6.45) is 3.96. The number of fused-ring (bicyclic) bond motifs is 1. The van der Waals surface area contributed by atoms with Crippen LogP contribution in [0.3, 0.4) is 0 Å². The summed E-state index contributed by atoms with van der Waals surface area (Å²) in [7, 11) is 2.20. The molecule has 15 heavy (non-hydrogen) atoms. The van der Waals surface area contributed by atoms with Crippen LogP contribution in [0.1, 0.15) is 19.3 Å². The van der Waals surface area contributed by atoms with Gasteiger partial charge in [0.25, 0.3) is 0 Å². The van der Waals surface area contributed by atoms with Gasteiger partial charge in [-0.3, -0.25) is 0 Å². The second-order valence-corrected chi connectivity index (χ2v) is 5.09. The number of hydrogen-bond donors (Lipinski definition) is 1. The summed E-state index contributed by atoms with van der Waals surface area (Å²) in [6, 6.07) is 6.10. The number of anilines is 2. The van der Waals surface area contributed by atoms with E-state index in [1.807, 2.05) is 12.1 Å². The van der Waals surface area contributed by atoms with Gasteiger partial charge in [0.05, 0.1) is 16.9 Å². The molecule has 1 aromatic rings. The maximum absolute atomic E-state index is 5.98. The Morgan fingerprint density at radius 1 is 1.40 bits per heavy atom. The molecule has 3 heteroatoms. The lowest BCUT2D eigenvalue weighted by atomic mass is 9.74. The highest BCUT2D eigenvalue weighted by atomic mass is 35.5. The monoisotopic (exact) mass is 222 g/mol. The Bertz CT molecular complexity index is 399. The third kappa shape index (κ3) is 1.24. The van der Waals surface area contributed by atoms with E-state index < -0.39 is 0 Å². The number of hydrogen-bond acceptors (Lipinski definition) is 2. The van der Waals surface area contributed by atoms with Crippen LogP contribution in [0.5, 0.6) is 0 Å². The number of halogens is 1. The van der Waals surface area contributed by atoms with Crippen molar-refractivity contribution in [2.24, 2.45) is 0 Å². The number of nitrogens with zero attached hydrogens (tertiary/aromatic N) is 1. The second-order valence-electron chi connectivity index (χ2n) is 4.65. The minimum atomic E-state index is 0.376. The molecule has 0 aromatic heterocycles. The fourth-order valence-electron chi connectivity index (χ4n) is 2.67. The van der Waals surface area contributed by atoms with Crippen LogP contribution < -0.4 is 10.2 Å². The van der Waals surface area contributed by atoms with Crippen molar-refractivity contribution in [3.63, 3.8) is 0 Å². The predicted octanol–water partition coefficient (Wildman–Crippen LogP) is 3.12. The van der Waals surface area contributed by atoms with E-state index in [2.05, 4.69) is 23.3 Å². The van der Waals surface area contributed by atoms with Gasteiger partial charge < -0.3 is 10.2 Å². The zero-order valence-corrected chi connectivity index (χ0v) is 9.64. The van der Waals surface area contributed by atoms with Gasteiger partial charge in [-0.25, -0.2) is 0 Å². The standard InChI is InChI=1S/C12H15ClN2/c1-15-11-4-3-9(13)7-10(11)14-8-12(15)5-2-6-12/h3-4,7,14H,2,5-6,8H2,1H3. The topological polar surface area (TPSA) is 15.3 Å². The maximum Gasteiger partial charge on any atom is 0.0605 e. The van der Waals surface area contributed by atoms with Gasteiger partial charge >= 0.3 is 0 Å². The van der Waals surface area contributed by atoms with E-state index in [0.29, 0.717) is 5.54 Å². The molecule has 2 nitrogen and oxygen atoms in total. The molecular formula is C12H15ClN2. The van der Waals surface area contributed by atoms with Gasteiger partial charge in [-0.05, 0) is 37.5 Å². The molecule has 2 aliphatic rings. The lowest BCUT2D eigenvalue weighted by Gasteiger charge is -2.53. The molecule has 1 fully saturated rings. The Morgan fingerprint density at radius 3 is 2.87 bits per heavy atom. The Kier molecular flexibility index (Phi) is 1.90. The van der Waals surface area contributed by atoms with Crippen molar-refractivity contribution in [2.45, 2.75) is 24.8 Å². The molecular weight excluding hydrogens is 208 g/mol. The second kappa shape index (κ2) is 3.05. The van der Waals surface area contributed by atoms with Crippen molar-refractivity contribution in [1.82, 2.24) is 0 Å². The first kappa shape index (κ1) is 9.34. The summed E-state index contributed by atoms with van der Waals surface area (Å²) >= 11 is 5.98. The summed E-state index contributed by atoms with van der Waals surface area (Å²) in [5.41, 5.74) is 2.83. The van der Waals surface area contributed by atoms with Crippen LogP contribution in [0.15, 0.2) is 18.2 Å². The van der Waals surface area contributed by atoms with Gasteiger partial charge in [0, 0.05) is 18.6 Å². The summed E-state index contributed by atoms with van der Waals surface area (Å²) in [5.74, 6) is 0. The van der Waals surface area contributed by atoms with Crippen LogP contribution in [-0.2, 0) is 0 Å². The third-order valence-electron chi connectivity index (χ3n) is 3.92. The van der Waals surface area contributed by atoms with Crippen LogP contribution in [0.25, 0.3) is 0 Å². The van der Waals surface area contributed by atoms with Gasteiger partial charge in [-0.1, -0.05) is 11.6 Å². The molecule has 1 N–H and O–H groups in total. The minimum Gasteiger partial charge on any atom is -0.381 e. The largest absolute Gasteiger partial charge is 0.381 e. The number of nitrogens with one attached hydrogen (secondary N) is 1. The molecule has 0 amide bonds. The van der Waals surface area contributed by atoms with E-state index in [1.54, 1.807) is 0 Å². The highest BCUT2D eigenvalue weighted by molar-refractivity contribution is 6.31. The maximum atomic E-state index is 5.98. The quantitative estimate of drug-likeness (QED) is 0.726. The van der Waals surface area contributed by atoms with Crippen LogP contribution in [0, 0.1) is 0 Å². The first-order chi connectivity index (χ1) is 7.21. The van der Waals surface area contributed by atoms with E-state index in [4.69, 9.17) is 11.6 Å². The summed E-state index contributed by atoms with van der Waals surface area (Å²) in [4.78, 5) is 2.43. The summed E-state index contributed by atoms with van der Waals surface area (Å²) < 4.78 is 0. The molecule has 1 saturated carbocycles.